The lowest BCUT2D eigenvalue weighted by Crippen LogP contribution is -2.18. The van der Waals surface area contributed by atoms with Crippen molar-refractivity contribution in [2.24, 2.45) is 0 Å². The van der Waals surface area contributed by atoms with Crippen LogP contribution in [0.15, 0.2) is 18.2 Å². The van der Waals surface area contributed by atoms with Crippen molar-refractivity contribution in [2.45, 2.75) is 6.92 Å². The number of carbonyl (C=O) groups is 1. The van der Waals surface area contributed by atoms with Crippen molar-refractivity contribution in [1.29, 1.82) is 0 Å². The number of rotatable bonds is 6. The van der Waals surface area contributed by atoms with Crippen molar-refractivity contribution >= 4 is 29.0 Å². The summed E-state index contributed by atoms with van der Waals surface area (Å²) in [5.74, 6) is 1.45. The molecule has 0 fully saturated rings. The minimum Gasteiger partial charge on any atom is -0.399 e. The first-order chi connectivity index (χ1) is 8.49. The second kappa shape index (κ2) is 7.28. The molecule has 0 aliphatic carbocycles. The molecule has 0 saturated heterocycles. The molecule has 0 aliphatic heterocycles. The SMILES string of the molecule is Cc1ccc(N)cc1NC(=O)CSCCN(C)C. The number of thioether (sulfide) groups is 1. The summed E-state index contributed by atoms with van der Waals surface area (Å²) >= 11 is 1.63. The third kappa shape index (κ3) is 5.42. The Balaban J connectivity index is 2.38. The van der Waals surface area contributed by atoms with Gasteiger partial charge in [-0.1, -0.05) is 6.07 Å². The maximum atomic E-state index is 11.7. The van der Waals surface area contributed by atoms with Gasteiger partial charge in [-0.15, -0.1) is 0 Å². The van der Waals surface area contributed by atoms with Crippen LogP contribution in [0.5, 0.6) is 0 Å². The summed E-state index contributed by atoms with van der Waals surface area (Å²) < 4.78 is 0. The summed E-state index contributed by atoms with van der Waals surface area (Å²) in [5, 5.41) is 2.89. The fraction of sp³-hybridized carbons (Fsp3) is 0.462. The van der Waals surface area contributed by atoms with E-state index in [0.717, 1.165) is 23.5 Å². The third-order valence-electron chi connectivity index (χ3n) is 2.45. The van der Waals surface area contributed by atoms with Gasteiger partial charge in [0.1, 0.15) is 0 Å². The highest BCUT2D eigenvalue weighted by Gasteiger charge is 2.05. The van der Waals surface area contributed by atoms with Gasteiger partial charge in [-0.3, -0.25) is 4.79 Å². The van der Waals surface area contributed by atoms with Gasteiger partial charge in [-0.2, -0.15) is 11.8 Å². The summed E-state index contributed by atoms with van der Waals surface area (Å²) in [5.41, 5.74) is 8.18. The molecule has 18 heavy (non-hydrogen) atoms. The van der Waals surface area contributed by atoms with Gasteiger partial charge in [-0.05, 0) is 38.7 Å². The molecule has 0 heterocycles. The van der Waals surface area contributed by atoms with Gasteiger partial charge in [-0.25, -0.2) is 0 Å². The molecule has 0 bridgehead atoms. The number of aryl methyl sites for hydroxylation is 1. The Labute approximate surface area is 113 Å². The van der Waals surface area contributed by atoms with E-state index in [0.29, 0.717) is 11.4 Å². The standard InChI is InChI=1S/C13H21N3OS/c1-10-4-5-11(14)8-12(10)15-13(17)9-18-7-6-16(2)3/h4-5,8H,6-7,9,14H2,1-3H3,(H,15,17). The molecule has 1 aromatic carbocycles. The van der Waals surface area contributed by atoms with Crippen LogP contribution in [0.2, 0.25) is 0 Å². The number of hydrogen-bond acceptors (Lipinski definition) is 4. The molecule has 5 heteroatoms. The number of hydrogen-bond donors (Lipinski definition) is 2. The minimum atomic E-state index is 0.0208. The van der Waals surface area contributed by atoms with Gasteiger partial charge >= 0.3 is 0 Å². The second-order valence-corrected chi connectivity index (χ2v) is 5.58. The van der Waals surface area contributed by atoms with E-state index in [2.05, 4.69) is 10.2 Å². The van der Waals surface area contributed by atoms with E-state index in [1.165, 1.54) is 0 Å². The molecule has 1 aromatic rings. The molecule has 0 aromatic heterocycles. The fourth-order valence-corrected chi connectivity index (χ4v) is 2.27. The van der Waals surface area contributed by atoms with Crippen molar-refractivity contribution in [3.05, 3.63) is 23.8 Å². The maximum Gasteiger partial charge on any atom is 0.234 e. The molecular formula is C13H21N3OS. The van der Waals surface area contributed by atoms with E-state index in [9.17, 15) is 4.79 Å². The van der Waals surface area contributed by atoms with Crippen LogP contribution in [0.3, 0.4) is 0 Å². The largest absolute Gasteiger partial charge is 0.399 e. The van der Waals surface area contributed by atoms with Crippen LogP contribution in [0.1, 0.15) is 5.56 Å². The number of nitrogens with two attached hydrogens (primary N) is 1. The Bertz CT molecular complexity index is 407. The predicted octanol–water partition coefficient (Wildman–Crippen LogP) is 1.81. The maximum absolute atomic E-state index is 11.7. The smallest absolute Gasteiger partial charge is 0.234 e. The lowest BCUT2D eigenvalue weighted by atomic mass is 10.2. The van der Waals surface area contributed by atoms with E-state index >= 15 is 0 Å². The van der Waals surface area contributed by atoms with Crippen molar-refractivity contribution in [3.63, 3.8) is 0 Å². The average Bonchev–Trinajstić information content (AvgIpc) is 2.29. The topological polar surface area (TPSA) is 58.4 Å². The molecule has 1 rings (SSSR count). The number of benzene rings is 1. The molecular weight excluding hydrogens is 246 g/mol. The lowest BCUT2D eigenvalue weighted by Gasteiger charge is -2.10. The van der Waals surface area contributed by atoms with Crippen molar-refractivity contribution in [2.75, 3.05) is 43.2 Å². The Morgan fingerprint density at radius 3 is 2.83 bits per heavy atom. The Morgan fingerprint density at radius 2 is 2.17 bits per heavy atom. The van der Waals surface area contributed by atoms with Crippen LogP contribution >= 0.6 is 11.8 Å². The first kappa shape index (κ1) is 14.9. The van der Waals surface area contributed by atoms with Gasteiger partial charge in [0.25, 0.3) is 0 Å². The van der Waals surface area contributed by atoms with Crippen LogP contribution in [-0.4, -0.2) is 43.0 Å². The Hall–Kier alpha value is -1.20. The van der Waals surface area contributed by atoms with E-state index in [1.807, 2.05) is 33.2 Å². The zero-order valence-electron chi connectivity index (χ0n) is 11.2. The van der Waals surface area contributed by atoms with Crippen molar-refractivity contribution in [3.8, 4) is 0 Å². The summed E-state index contributed by atoms with van der Waals surface area (Å²) in [4.78, 5) is 13.8. The van der Waals surface area contributed by atoms with E-state index in [4.69, 9.17) is 5.73 Å². The van der Waals surface area contributed by atoms with Crippen LogP contribution in [0.25, 0.3) is 0 Å². The van der Waals surface area contributed by atoms with Crippen LogP contribution < -0.4 is 11.1 Å². The number of carbonyl (C=O) groups excluding carboxylic acids is 1. The molecule has 0 aliphatic rings. The van der Waals surface area contributed by atoms with Gasteiger partial charge in [0.2, 0.25) is 5.91 Å². The number of nitrogens with zero attached hydrogens (tertiary/aromatic N) is 1. The third-order valence-corrected chi connectivity index (χ3v) is 3.39. The van der Waals surface area contributed by atoms with Gasteiger partial charge in [0.05, 0.1) is 5.75 Å². The molecule has 0 saturated carbocycles. The Morgan fingerprint density at radius 1 is 1.44 bits per heavy atom. The monoisotopic (exact) mass is 267 g/mol. The van der Waals surface area contributed by atoms with Crippen molar-refractivity contribution < 1.29 is 4.79 Å². The molecule has 3 N–H and O–H groups in total. The zero-order valence-corrected chi connectivity index (χ0v) is 12.0. The van der Waals surface area contributed by atoms with Crippen LogP contribution in [0, 0.1) is 6.92 Å². The molecule has 0 unspecified atom stereocenters. The molecule has 1 amide bonds. The van der Waals surface area contributed by atoms with E-state index < -0.39 is 0 Å². The summed E-state index contributed by atoms with van der Waals surface area (Å²) in [6.45, 7) is 2.93. The highest BCUT2D eigenvalue weighted by Crippen LogP contribution is 2.18. The molecule has 0 spiro atoms. The average molecular weight is 267 g/mol. The Kier molecular flexibility index (Phi) is 6.01. The quantitative estimate of drug-likeness (QED) is 0.609. The minimum absolute atomic E-state index is 0.0208. The number of amides is 1. The van der Waals surface area contributed by atoms with E-state index in [1.54, 1.807) is 17.8 Å². The zero-order chi connectivity index (χ0) is 13.5. The lowest BCUT2D eigenvalue weighted by molar-refractivity contribution is -0.113. The second-order valence-electron chi connectivity index (χ2n) is 4.48. The fourth-order valence-electron chi connectivity index (χ4n) is 1.37. The van der Waals surface area contributed by atoms with Crippen LogP contribution in [0.4, 0.5) is 11.4 Å². The number of nitrogen functional groups attached to an aromatic ring is 1. The van der Waals surface area contributed by atoms with Crippen LogP contribution in [-0.2, 0) is 4.79 Å². The molecule has 0 radical (unpaired) electrons. The normalized spacial score (nSPS) is 10.7. The molecule has 0 atom stereocenters. The summed E-state index contributed by atoms with van der Waals surface area (Å²) in [6.07, 6.45) is 0. The number of nitrogens with one attached hydrogen (secondary N) is 1. The van der Waals surface area contributed by atoms with E-state index in [-0.39, 0.29) is 5.91 Å². The number of anilines is 2. The first-order valence-electron chi connectivity index (χ1n) is 5.87. The van der Waals surface area contributed by atoms with Crippen molar-refractivity contribution in [1.82, 2.24) is 4.90 Å². The first-order valence-corrected chi connectivity index (χ1v) is 7.03. The molecule has 4 nitrogen and oxygen atoms in total. The predicted molar refractivity (Wildman–Crippen MR) is 80.1 cm³/mol. The van der Waals surface area contributed by atoms with Gasteiger partial charge in [0.15, 0.2) is 0 Å². The summed E-state index contributed by atoms with van der Waals surface area (Å²) in [6, 6.07) is 5.53. The van der Waals surface area contributed by atoms with Gasteiger partial charge < -0.3 is 16.0 Å². The molecule has 100 valence electrons. The summed E-state index contributed by atoms with van der Waals surface area (Å²) in [7, 11) is 4.05. The van der Waals surface area contributed by atoms with Gasteiger partial charge in [0, 0.05) is 23.7 Å². The highest BCUT2D eigenvalue weighted by atomic mass is 32.2. The highest BCUT2D eigenvalue weighted by molar-refractivity contribution is 7.99.